The van der Waals surface area contributed by atoms with Gasteiger partial charge >= 0.3 is 0 Å². The van der Waals surface area contributed by atoms with Crippen molar-refractivity contribution in [2.45, 2.75) is 6.92 Å². The first-order valence-corrected chi connectivity index (χ1v) is 7.31. The summed E-state index contributed by atoms with van der Waals surface area (Å²) in [5.41, 5.74) is 8.02. The minimum absolute atomic E-state index is 0.232. The number of pyridine rings is 1. The van der Waals surface area contributed by atoms with Crippen molar-refractivity contribution in [1.82, 2.24) is 14.6 Å². The van der Waals surface area contributed by atoms with Crippen LogP contribution >= 0.6 is 27.3 Å². The van der Waals surface area contributed by atoms with Gasteiger partial charge in [-0.05, 0) is 28.9 Å². The maximum atomic E-state index is 12.3. The van der Waals surface area contributed by atoms with Crippen molar-refractivity contribution in [1.29, 1.82) is 0 Å². The molecule has 102 valence electrons. The van der Waals surface area contributed by atoms with Crippen LogP contribution in [-0.2, 0) is 0 Å². The molecule has 20 heavy (non-hydrogen) atoms. The molecule has 0 aromatic carbocycles. The van der Waals surface area contributed by atoms with E-state index in [-0.39, 0.29) is 5.91 Å². The lowest BCUT2D eigenvalue weighted by atomic mass is 10.2. The Morgan fingerprint density at radius 3 is 3.10 bits per heavy atom. The molecular formula is C12H10BrN5OS. The molecule has 0 bridgehead atoms. The van der Waals surface area contributed by atoms with E-state index >= 15 is 0 Å². The van der Waals surface area contributed by atoms with Crippen LogP contribution in [0.4, 0.5) is 11.4 Å². The molecule has 0 aliphatic carbocycles. The molecule has 0 aliphatic rings. The third kappa shape index (κ3) is 2.27. The molecule has 0 radical (unpaired) electrons. The Morgan fingerprint density at radius 1 is 1.50 bits per heavy atom. The Labute approximate surface area is 126 Å². The number of anilines is 2. The topological polar surface area (TPSA) is 85.3 Å². The van der Waals surface area contributed by atoms with Gasteiger partial charge in [0.25, 0.3) is 5.91 Å². The number of hydrogen-bond acceptors (Lipinski definition) is 5. The number of amides is 1. The van der Waals surface area contributed by atoms with Crippen molar-refractivity contribution in [3.05, 3.63) is 39.7 Å². The first-order chi connectivity index (χ1) is 9.54. The number of nitrogens with one attached hydrogen (secondary N) is 1. The minimum Gasteiger partial charge on any atom is -0.397 e. The molecule has 0 aliphatic heterocycles. The number of nitrogen functional groups attached to an aromatic ring is 1. The molecule has 3 rings (SSSR count). The summed E-state index contributed by atoms with van der Waals surface area (Å²) in [4.78, 5) is 17.2. The second-order valence-corrected chi connectivity index (χ2v) is 6.61. The molecule has 0 unspecified atom stereocenters. The summed E-state index contributed by atoms with van der Waals surface area (Å²) in [7, 11) is 0. The number of carbonyl (C=O) groups excluding carboxylic acids is 1. The van der Waals surface area contributed by atoms with Gasteiger partial charge in [0.1, 0.15) is 4.83 Å². The Kier molecular flexibility index (Phi) is 3.19. The van der Waals surface area contributed by atoms with Crippen molar-refractivity contribution >= 4 is 49.4 Å². The van der Waals surface area contributed by atoms with E-state index in [1.54, 1.807) is 23.0 Å². The quantitative estimate of drug-likeness (QED) is 0.743. The zero-order valence-electron chi connectivity index (χ0n) is 10.4. The van der Waals surface area contributed by atoms with Crippen LogP contribution in [0.25, 0.3) is 4.83 Å². The lowest BCUT2D eigenvalue weighted by molar-refractivity contribution is 0.102. The van der Waals surface area contributed by atoms with E-state index < -0.39 is 0 Å². The molecule has 0 saturated carbocycles. The zero-order chi connectivity index (χ0) is 14.3. The lowest BCUT2D eigenvalue weighted by Gasteiger charge is -2.07. The maximum Gasteiger partial charge on any atom is 0.260 e. The second-order valence-electron chi connectivity index (χ2n) is 4.20. The van der Waals surface area contributed by atoms with E-state index in [2.05, 4.69) is 31.3 Å². The van der Waals surface area contributed by atoms with Crippen LogP contribution in [0.3, 0.4) is 0 Å². The van der Waals surface area contributed by atoms with Gasteiger partial charge in [-0.15, -0.1) is 11.3 Å². The van der Waals surface area contributed by atoms with E-state index in [1.165, 1.54) is 11.3 Å². The summed E-state index contributed by atoms with van der Waals surface area (Å²) in [5, 5.41) is 6.95. The van der Waals surface area contributed by atoms with Gasteiger partial charge in [-0.3, -0.25) is 9.78 Å². The van der Waals surface area contributed by atoms with Gasteiger partial charge in [-0.25, -0.2) is 4.52 Å². The largest absolute Gasteiger partial charge is 0.397 e. The predicted molar refractivity (Wildman–Crippen MR) is 82.1 cm³/mol. The fourth-order valence-electron chi connectivity index (χ4n) is 1.78. The summed E-state index contributed by atoms with van der Waals surface area (Å²) < 4.78 is 2.57. The number of aromatic nitrogens is 3. The third-order valence-corrected chi connectivity index (χ3v) is 4.36. The second kappa shape index (κ2) is 4.88. The number of nitrogens with two attached hydrogens (primary N) is 1. The van der Waals surface area contributed by atoms with Crippen LogP contribution in [0.1, 0.15) is 16.1 Å². The molecule has 0 saturated heterocycles. The summed E-state index contributed by atoms with van der Waals surface area (Å²) in [6, 6.07) is 1.69. The summed E-state index contributed by atoms with van der Waals surface area (Å²) in [5.74, 6) is -0.232. The first kappa shape index (κ1) is 13.1. The molecule has 3 N–H and O–H groups in total. The normalized spacial score (nSPS) is 10.9. The highest BCUT2D eigenvalue weighted by Gasteiger charge is 2.16. The molecule has 1 amide bonds. The van der Waals surface area contributed by atoms with E-state index in [4.69, 9.17) is 5.73 Å². The molecule has 0 fully saturated rings. The van der Waals surface area contributed by atoms with Crippen LogP contribution in [0.2, 0.25) is 0 Å². The van der Waals surface area contributed by atoms with Gasteiger partial charge in [-0.2, -0.15) is 5.10 Å². The Balaban J connectivity index is 1.94. The number of carbonyl (C=O) groups is 1. The highest BCUT2D eigenvalue weighted by molar-refractivity contribution is 9.11. The molecule has 3 aromatic rings. The highest BCUT2D eigenvalue weighted by atomic mass is 79.9. The zero-order valence-corrected chi connectivity index (χ0v) is 12.8. The van der Waals surface area contributed by atoms with Crippen LogP contribution in [0, 0.1) is 6.92 Å². The summed E-state index contributed by atoms with van der Waals surface area (Å²) in [6.45, 7) is 1.81. The SMILES string of the molecule is Cc1ncc(N)cc1NC(=O)c1cnn2cc(Br)sc12. The predicted octanol–water partition coefficient (Wildman–Crippen LogP) is 2.70. The van der Waals surface area contributed by atoms with Crippen LogP contribution in [-0.4, -0.2) is 20.5 Å². The highest BCUT2D eigenvalue weighted by Crippen LogP contribution is 2.26. The number of rotatable bonds is 2. The maximum absolute atomic E-state index is 12.3. The molecule has 8 heteroatoms. The average molecular weight is 352 g/mol. The average Bonchev–Trinajstić information content (AvgIpc) is 2.92. The van der Waals surface area contributed by atoms with E-state index in [0.717, 1.165) is 8.62 Å². The fraction of sp³-hybridized carbons (Fsp3) is 0.0833. The van der Waals surface area contributed by atoms with Crippen molar-refractivity contribution in [2.24, 2.45) is 0 Å². The van der Waals surface area contributed by atoms with Gasteiger partial charge in [0.2, 0.25) is 0 Å². The number of fused-ring (bicyclic) bond motifs is 1. The van der Waals surface area contributed by atoms with E-state index in [9.17, 15) is 4.79 Å². The Hall–Kier alpha value is -1.93. The third-order valence-electron chi connectivity index (χ3n) is 2.77. The van der Waals surface area contributed by atoms with E-state index in [1.807, 2.05) is 13.1 Å². The Morgan fingerprint density at radius 2 is 2.30 bits per heavy atom. The summed E-state index contributed by atoms with van der Waals surface area (Å²) in [6.07, 6.45) is 4.91. The van der Waals surface area contributed by atoms with Crippen molar-refractivity contribution in [3.8, 4) is 0 Å². The van der Waals surface area contributed by atoms with Crippen molar-refractivity contribution in [3.63, 3.8) is 0 Å². The monoisotopic (exact) mass is 351 g/mol. The standard InChI is InChI=1S/C12H10BrN5OS/c1-6-9(2-7(14)3-15-6)17-11(19)8-4-16-18-5-10(13)20-12(8)18/h2-5H,14H2,1H3,(H,17,19). The van der Waals surface area contributed by atoms with Crippen LogP contribution < -0.4 is 11.1 Å². The minimum atomic E-state index is -0.232. The molecule has 6 nitrogen and oxygen atoms in total. The first-order valence-electron chi connectivity index (χ1n) is 5.71. The molecular weight excluding hydrogens is 342 g/mol. The number of halogens is 1. The molecule has 3 heterocycles. The van der Waals surface area contributed by atoms with Gasteiger partial charge in [0, 0.05) is 0 Å². The lowest BCUT2D eigenvalue weighted by Crippen LogP contribution is -2.13. The number of thiazole rings is 1. The molecule has 0 atom stereocenters. The molecule has 3 aromatic heterocycles. The van der Waals surface area contributed by atoms with Crippen LogP contribution in [0.5, 0.6) is 0 Å². The number of hydrogen-bond donors (Lipinski definition) is 2. The molecule has 0 spiro atoms. The van der Waals surface area contributed by atoms with Crippen molar-refractivity contribution < 1.29 is 4.79 Å². The number of aryl methyl sites for hydroxylation is 1. The van der Waals surface area contributed by atoms with Crippen molar-refractivity contribution in [2.75, 3.05) is 11.1 Å². The van der Waals surface area contributed by atoms with Crippen LogP contribution in [0.15, 0.2) is 28.4 Å². The van der Waals surface area contributed by atoms with Gasteiger partial charge in [0.05, 0.1) is 45.0 Å². The van der Waals surface area contributed by atoms with Gasteiger partial charge < -0.3 is 11.1 Å². The van der Waals surface area contributed by atoms with Gasteiger partial charge in [0.15, 0.2) is 0 Å². The van der Waals surface area contributed by atoms with E-state index in [0.29, 0.717) is 22.6 Å². The smallest absolute Gasteiger partial charge is 0.260 e. The fourth-order valence-corrected chi connectivity index (χ4v) is 3.22. The summed E-state index contributed by atoms with van der Waals surface area (Å²) >= 11 is 4.82. The van der Waals surface area contributed by atoms with Gasteiger partial charge in [-0.1, -0.05) is 0 Å². The number of nitrogens with zero attached hydrogens (tertiary/aromatic N) is 3. The Bertz CT molecular complexity index is 809.